The molecule has 1 aromatic heterocycles. The summed E-state index contributed by atoms with van der Waals surface area (Å²) in [7, 11) is 0. The van der Waals surface area contributed by atoms with E-state index in [2.05, 4.69) is 10.4 Å². The van der Waals surface area contributed by atoms with Crippen LogP contribution in [0.3, 0.4) is 0 Å². The van der Waals surface area contributed by atoms with Crippen LogP contribution in [0.1, 0.15) is 28.5 Å². The Hall–Kier alpha value is -1.81. The fraction of sp³-hybridized carbons (Fsp3) is 0.286. The number of aromatic nitrogens is 2. The van der Waals surface area contributed by atoms with Crippen LogP contribution in [-0.2, 0) is 6.54 Å². The topological polar surface area (TPSA) is 46.9 Å². The van der Waals surface area contributed by atoms with Crippen LogP contribution in [-0.4, -0.2) is 15.7 Å². The minimum atomic E-state index is -0.215. The number of carbonyl (C=O) groups excluding carboxylic acids is 1. The number of halogens is 1. The second-order valence-corrected chi connectivity index (χ2v) is 4.80. The first kappa shape index (κ1) is 13.6. The first-order chi connectivity index (χ1) is 9.02. The highest BCUT2D eigenvalue weighted by molar-refractivity contribution is 6.34. The smallest absolute Gasteiger partial charge is 0.257 e. The highest BCUT2D eigenvalue weighted by Crippen LogP contribution is 2.20. The van der Waals surface area contributed by atoms with E-state index in [-0.39, 0.29) is 5.91 Å². The molecule has 1 amide bonds. The van der Waals surface area contributed by atoms with E-state index in [0.29, 0.717) is 16.3 Å². The summed E-state index contributed by atoms with van der Waals surface area (Å²) < 4.78 is 1.83. The molecule has 100 valence electrons. The van der Waals surface area contributed by atoms with E-state index in [0.717, 1.165) is 17.8 Å². The van der Waals surface area contributed by atoms with Crippen molar-refractivity contribution in [3.63, 3.8) is 0 Å². The number of nitrogens with one attached hydrogen (secondary N) is 1. The second kappa shape index (κ2) is 5.45. The van der Waals surface area contributed by atoms with Gasteiger partial charge in [-0.1, -0.05) is 23.2 Å². The van der Waals surface area contributed by atoms with E-state index in [1.807, 2.05) is 31.5 Å². The van der Waals surface area contributed by atoms with Gasteiger partial charge in [0, 0.05) is 6.54 Å². The van der Waals surface area contributed by atoms with Crippen LogP contribution in [0.2, 0.25) is 5.02 Å². The SMILES string of the molecule is CCn1ncc(NC(=O)c2cc(C)ccc2Cl)c1C. The summed E-state index contributed by atoms with van der Waals surface area (Å²) in [4.78, 5) is 12.2. The van der Waals surface area contributed by atoms with Gasteiger partial charge in [0.25, 0.3) is 5.91 Å². The van der Waals surface area contributed by atoms with Crippen LogP contribution in [0.5, 0.6) is 0 Å². The standard InChI is InChI=1S/C14H16ClN3O/c1-4-18-10(3)13(8-16-18)17-14(19)11-7-9(2)5-6-12(11)15/h5-8H,4H2,1-3H3,(H,17,19). The third kappa shape index (κ3) is 2.79. The molecule has 0 spiro atoms. The summed E-state index contributed by atoms with van der Waals surface area (Å²) in [6.07, 6.45) is 1.65. The van der Waals surface area contributed by atoms with Crippen molar-refractivity contribution in [1.82, 2.24) is 9.78 Å². The largest absolute Gasteiger partial charge is 0.319 e. The van der Waals surface area contributed by atoms with Gasteiger partial charge in [0.05, 0.1) is 28.2 Å². The van der Waals surface area contributed by atoms with Crippen molar-refractivity contribution in [2.75, 3.05) is 5.32 Å². The summed E-state index contributed by atoms with van der Waals surface area (Å²) in [5.74, 6) is -0.215. The Balaban J connectivity index is 2.25. The summed E-state index contributed by atoms with van der Waals surface area (Å²) >= 11 is 6.05. The number of benzene rings is 1. The van der Waals surface area contributed by atoms with Gasteiger partial charge in [-0.2, -0.15) is 5.10 Å². The van der Waals surface area contributed by atoms with Gasteiger partial charge >= 0.3 is 0 Å². The Bertz CT molecular complexity index is 619. The Morgan fingerprint density at radius 1 is 1.42 bits per heavy atom. The molecule has 1 aromatic carbocycles. The van der Waals surface area contributed by atoms with Gasteiger partial charge in [-0.25, -0.2) is 0 Å². The quantitative estimate of drug-likeness (QED) is 0.934. The number of hydrogen-bond acceptors (Lipinski definition) is 2. The van der Waals surface area contributed by atoms with Gasteiger partial charge in [0.15, 0.2) is 0 Å². The van der Waals surface area contributed by atoms with Crippen molar-refractivity contribution >= 4 is 23.2 Å². The molecular formula is C14H16ClN3O. The minimum absolute atomic E-state index is 0.215. The zero-order chi connectivity index (χ0) is 14.0. The first-order valence-electron chi connectivity index (χ1n) is 6.12. The number of amides is 1. The zero-order valence-corrected chi connectivity index (χ0v) is 12.0. The van der Waals surface area contributed by atoms with Crippen LogP contribution in [0.25, 0.3) is 0 Å². The number of anilines is 1. The molecule has 2 rings (SSSR count). The van der Waals surface area contributed by atoms with Gasteiger partial charge in [-0.15, -0.1) is 0 Å². The molecule has 0 fully saturated rings. The summed E-state index contributed by atoms with van der Waals surface area (Å²) in [6.45, 7) is 6.62. The molecular weight excluding hydrogens is 262 g/mol. The monoisotopic (exact) mass is 277 g/mol. The van der Waals surface area contributed by atoms with Crippen LogP contribution in [0.4, 0.5) is 5.69 Å². The van der Waals surface area contributed by atoms with Gasteiger partial charge in [0.2, 0.25) is 0 Å². The van der Waals surface area contributed by atoms with Crippen LogP contribution >= 0.6 is 11.6 Å². The lowest BCUT2D eigenvalue weighted by atomic mass is 10.1. The average molecular weight is 278 g/mol. The number of nitrogens with zero attached hydrogens (tertiary/aromatic N) is 2. The predicted octanol–water partition coefficient (Wildman–Crippen LogP) is 3.43. The molecule has 0 aliphatic heterocycles. The molecule has 0 aliphatic rings. The first-order valence-corrected chi connectivity index (χ1v) is 6.50. The molecule has 0 saturated carbocycles. The number of aryl methyl sites for hydroxylation is 2. The molecule has 0 atom stereocenters. The summed E-state index contributed by atoms with van der Waals surface area (Å²) in [5.41, 5.74) is 3.12. The number of hydrogen-bond donors (Lipinski definition) is 1. The zero-order valence-electron chi connectivity index (χ0n) is 11.2. The van der Waals surface area contributed by atoms with Crippen molar-refractivity contribution in [3.05, 3.63) is 46.2 Å². The molecule has 19 heavy (non-hydrogen) atoms. The normalized spacial score (nSPS) is 10.5. The molecule has 1 heterocycles. The number of carbonyl (C=O) groups is 1. The van der Waals surface area contributed by atoms with Crippen molar-refractivity contribution in [2.45, 2.75) is 27.3 Å². The molecule has 0 unspecified atom stereocenters. The van der Waals surface area contributed by atoms with Crippen LogP contribution in [0, 0.1) is 13.8 Å². The van der Waals surface area contributed by atoms with Gasteiger partial charge in [-0.3, -0.25) is 9.48 Å². The van der Waals surface area contributed by atoms with Gasteiger partial charge in [-0.05, 0) is 32.9 Å². The highest BCUT2D eigenvalue weighted by Gasteiger charge is 2.13. The maximum Gasteiger partial charge on any atom is 0.257 e. The lowest BCUT2D eigenvalue weighted by Crippen LogP contribution is -2.13. The minimum Gasteiger partial charge on any atom is -0.319 e. The predicted molar refractivity (Wildman–Crippen MR) is 76.8 cm³/mol. The van der Waals surface area contributed by atoms with Gasteiger partial charge < -0.3 is 5.32 Å². The maximum absolute atomic E-state index is 12.2. The molecule has 5 heteroatoms. The third-order valence-corrected chi connectivity index (χ3v) is 3.35. The van der Waals surface area contributed by atoms with E-state index >= 15 is 0 Å². The van der Waals surface area contributed by atoms with Crippen molar-refractivity contribution < 1.29 is 4.79 Å². The van der Waals surface area contributed by atoms with Crippen molar-refractivity contribution in [2.24, 2.45) is 0 Å². The fourth-order valence-electron chi connectivity index (χ4n) is 1.89. The Morgan fingerprint density at radius 3 is 2.79 bits per heavy atom. The molecule has 0 bridgehead atoms. The van der Waals surface area contributed by atoms with Crippen LogP contribution in [0.15, 0.2) is 24.4 Å². The van der Waals surface area contributed by atoms with E-state index in [9.17, 15) is 4.79 Å². The average Bonchev–Trinajstić information content (AvgIpc) is 2.73. The van der Waals surface area contributed by atoms with E-state index in [1.165, 1.54) is 0 Å². The molecule has 0 radical (unpaired) electrons. The molecule has 1 N–H and O–H groups in total. The van der Waals surface area contributed by atoms with E-state index in [1.54, 1.807) is 18.3 Å². The molecule has 0 aliphatic carbocycles. The van der Waals surface area contributed by atoms with Gasteiger partial charge in [0.1, 0.15) is 0 Å². The van der Waals surface area contributed by atoms with Crippen molar-refractivity contribution in [1.29, 1.82) is 0 Å². The fourth-order valence-corrected chi connectivity index (χ4v) is 2.09. The Morgan fingerprint density at radius 2 is 2.16 bits per heavy atom. The Labute approximate surface area is 117 Å². The maximum atomic E-state index is 12.2. The Kier molecular flexibility index (Phi) is 3.90. The molecule has 0 saturated heterocycles. The second-order valence-electron chi connectivity index (χ2n) is 4.40. The number of rotatable bonds is 3. The summed E-state index contributed by atoms with van der Waals surface area (Å²) in [6, 6.07) is 5.38. The van der Waals surface area contributed by atoms with Crippen LogP contribution < -0.4 is 5.32 Å². The molecule has 4 nitrogen and oxygen atoms in total. The summed E-state index contributed by atoms with van der Waals surface area (Å²) in [5, 5.41) is 7.48. The lowest BCUT2D eigenvalue weighted by Gasteiger charge is -2.07. The van der Waals surface area contributed by atoms with E-state index < -0.39 is 0 Å². The third-order valence-electron chi connectivity index (χ3n) is 3.02. The van der Waals surface area contributed by atoms with E-state index in [4.69, 9.17) is 11.6 Å². The lowest BCUT2D eigenvalue weighted by molar-refractivity contribution is 0.102. The highest BCUT2D eigenvalue weighted by atomic mass is 35.5. The van der Waals surface area contributed by atoms with Crippen molar-refractivity contribution in [3.8, 4) is 0 Å². The molecule has 2 aromatic rings.